The summed E-state index contributed by atoms with van der Waals surface area (Å²) in [7, 11) is 1.59. The van der Waals surface area contributed by atoms with E-state index in [2.05, 4.69) is 20.9 Å². The van der Waals surface area contributed by atoms with E-state index in [0.717, 1.165) is 15.0 Å². The quantitative estimate of drug-likeness (QED) is 0.233. The van der Waals surface area contributed by atoms with Crippen molar-refractivity contribution >= 4 is 33.3 Å². The zero-order valence-electron chi connectivity index (χ0n) is 17.7. The van der Waals surface area contributed by atoms with E-state index in [-0.39, 0.29) is 12.5 Å². The molecule has 31 heavy (non-hydrogen) atoms. The van der Waals surface area contributed by atoms with Gasteiger partial charge in [0.15, 0.2) is 5.96 Å². The van der Waals surface area contributed by atoms with Gasteiger partial charge in [-0.1, -0.05) is 18.2 Å². The second kappa shape index (κ2) is 11.3. The van der Waals surface area contributed by atoms with E-state index in [1.165, 1.54) is 0 Å². The van der Waals surface area contributed by atoms with E-state index in [9.17, 15) is 9.90 Å². The van der Waals surface area contributed by atoms with E-state index in [1.807, 2.05) is 37.3 Å². The van der Waals surface area contributed by atoms with Crippen LogP contribution in [0.3, 0.4) is 0 Å². The number of aliphatic hydroxyl groups is 1. The number of nitrogens with one attached hydrogen (secondary N) is 3. The highest BCUT2D eigenvalue weighted by Gasteiger charge is 2.11. The Bertz CT molecular complexity index is 984. The summed E-state index contributed by atoms with van der Waals surface area (Å²) in [6, 6.07) is 17.0. The average Bonchev–Trinajstić information content (AvgIpc) is 3.24. The molecule has 0 fully saturated rings. The molecule has 1 unspecified atom stereocenters. The molecule has 0 aliphatic carbocycles. The summed E-state index contributed by atoms with van der Waals surface area (Å²) in [5.41, 5.74) is 0.577. The first-order valence-corrected chi connectivity index (χ1v) is 11.0. The minimum atomic E-state index is -0.664. The SMILES string of the molecule is CCNC(=NCC(O)c1cc2ccccc2s1)NCCNC(=O)c1ccc(OC)cc1. The molecule has 0 bridgehead atoms. The lowest BCUT2D eigenvalue weighted by Crippen LogP contribution is -2.41. The zero-order valence-corrected chi connectivity index (χ0v) is 18.5. The Morgan fingerprint density at radius 2 is 1.84 bits per heavy atom. The van der Waals surface area contributed by atoms with Crippen molar-refractivity contribution in [2.24, 2.45) is 4.99 Å². The van der Waals surface area contributed by atoms with Gasteiger partial charge in [0.2, 0.25) is 0 Å². The molecule has 7 nitrogen and oxygen atoms in total. The van der Waals surface area contributed by atoms with Crippen molar-refractivity contribution in [2.45, 2.75) is 13.0 Å². The molecule has 2 aromatic carbocycles. The number of hydrogen-bond donors (Lipinski definition) is 4. The fourth-order valence-electron chi connectivity index (χ4n) is 2.98. The fraction of sp³-hybridized carbons (Fsp3) is 0.304. The van der Waals surface area contributed by atoms with Crippen LogP contribution in [0, 0.1) is 0 Å². The van der Waals surface area contributed by atoms with Crippen molar-refractivity contribution < 1.29 is 14.6 Å². The van der Waals surface area contributed by atoms with Crippen LogP contribution in [0.25, 0.3) is 10.1 Å². The van der Waals surface area contributed by atoms with Crippen molar-refractivity contribution in [3.63, 3.8) is 0 Å². The number of fused-ring (bicyclic) bond motifs is 1. The molecule has 3 aromatic rings. The Morgan fingerprint density at radius 3 is 2.55 bits per heavy atom. The molecule has 8 heteroatoms. The van der Waals surface area contributed by atoms with Crippen LogP contribution in [0.2, 0.25) is 0 Å². The summed E-state index contributed by atoms with van der Waals surface area (Å²) >= 11 is 1.58. The van der Waals surface area contributed by atoms with Crippen LogP contribution in [0.4, 0.5) is 0 Å². The third-order valence-electron chi connectivity index (χ3n) is 4.59. The molecule has 1 aromatic heterocycles. The van der Waals surface area contributed by atoms with Gasteiger partial charge in [-0.2, -0.15) is 0 Å². The number of rotatable bonds is 9. The van der Waals surface area contributed by atoms with Crippen molar-refractivity contribution in [3.8, 4) is 5.75 Å². The Morgan fingerprint density at radius 1 is 1.10 bits per heavy atom. The first-order valence-electron chi connectivity index (χ1n) is 10.2. The van der Waals surface area contributed by atoms with Crippen molar-refractivity contribution in [1.29, 1.82) is 0 Å². The molecule has 1 heterocycles. The third-order valence-corrected chi connectivity index (χ3v) is 5.81. The number of aliphatic imine (C=N–C) groups is 1. The van der Waals surface area contributed by atoms with E-state index in [1.54, 1.807) is 42.7 Å². The number of ether oxygens (including phenoxy) is 1. The average molecular weight is 441 g/mol. The topological polar surface area (TPSA) is 95.0 Å². The molecule has 3 rings (SSSR count). The van der Waals surface area contributed by atoms with Gasteiger partial charge in [-0.05, 0) is 48.7 Å². The van der Waals surface area contributed by atoms with Gasteiger partial charge in [-0.3, -0.25) is 9.79 Å². The summed E-state index contributed by atoms with van der Waals surface area (Å²) in [5, 5.41) is 20.9. The number of methoxy groups -OCH3 is 1. The molecular weight excluding hydrogens is 412 g/mol. The highest BCUT2D eigenvalue weighted by molar-refractivity contribution is 7.19. The summed E-state index contributed by atoms with van der Waals surface area (Å²) in [4.78, 5) is 17.6. The van der Waals surface area contributed by atoms with Crippen molar-refractivity contribution in [3.05, 3.63) is 65.0 Å². The number of thiophene rings is 1. The van der Waals surface area contributed by atoms with Crippen LogP contribution in [-0.2, 0) is 0 Å². The minimum absolute atomic E-state index is 0.147. The number of amides is 1. The van der Waals surface area contributed by atoms with Crippen LogP contribution in [-0.4, -0.2) is 50.3 Å². The van der Waals surface area contributed by atoms with Gasteiger partial charge in [-0.25, -0.2) is 0 Å². The van der Waals surface area contributed by atoms with Crippen LogP contribution < -0.4 is 20.7 Å². The van der Waals surface area contributed by atoms with Crippen LogP contribution in [0.1, 0.15) is 28.3 Å². The summed E-state index contributed by atoms with van der Waals surface area (Å²) in [6.45, 7) is 3.87. The van der Waals surface area contributed by atoms with E-state index >= 15 is 0 Å². The van der Waals surface area contributed by atoms with Crippen molar-refractivity contribution in [2.75, 3.05) is 33.3 Å². The number of carbonyl (C=O) groups excluding carboxylic acids is 1. The van der Waals surface area contributed by atoms with E-state index in [0.29, 0.717) is 36.9 Å². The second-order valence-electron chi connectivity index (χ2n) is 6.83. The van der Waals surface area contributed by atoms with Crippen LogP contribution >= 0.6 is 11.3 Å². The smallest absolute Gasteiger partial charge is 0.251 e. The standard InChI is InChI=1S/C23H28N4O3S/c1-3-24-23(26-13-12-25-22(29)16-8-10-18(30-2)11-9-16)27-15-19(28)21-14-17-6-4-5-7-20(17)31-21/h4-11,14,19,28H,3,12-13,15H2,1-2H3,(H,25,29)(H2,24,26,27). The number of aliphatic hydroxyl groups excluding tert-OH is 1. The Labute approximate surface area is 186 Å². The number of guanidine groups is 1. The molecule has 164 valence electrons. The van der Waals surface area contributed by atoms with Gasteiger partial charge < -0.3 is 25.8 Å². The summed E-state index contributed by atoms with van der Waals surface area (Å²) < 4.78 is 6.25. The number of carbonyl (C=O) groups is 1. The summed E-state index contributed by atoms with van der Waals surface area (Å²) in [6.07, 6.45) is -0.664. The van der Waals surface area contributed by atoms with Gasteiger partial charge in [0.05, 0.1) is 13.7 Å². The molecule has 0 radical (unpaired) electrons. The van der Waals surface area contributed by atoms with Crippen molar-refractivity contribution in [1.82, 2.24) is 16.0 Å². The maximum absolute atomic E-state index is 12.2. The maximum atomic E-state index is 12.2. The molecular formula is C23H28N4O3S. The number of benzene rings is 2. The Balaban J connectivity index is 1.48. The normalized spacial score (nSPS) is 12.4. The highest BCUT2D eigenvalue weighted by atomic mass is 32.1. The molecule has 0 saturated heterocycles. The van der Waals surface area contributed by atoms with E-state index in [4.69, 9.17) is 4.74 Å². The Hall–Kier alpha value is -3.10. The zero-order chi connectivity index (χ0) is 22.1. The maximum Gasteiger partial charge on any atom is 0.251 e. The van der Waals surface area contributed by atoms with Crippen LogP contribution in [0.15, 0.2) is 59.6 Å². The Kier molecular flexibility index (Phi) is 8.26. The van der Waals surface area contributed by atoms with Gasteiger partial charge in [0, 0.05) is 34.8 Å². The highest BCUT2D eigenvalue weighted by Crippen LogP contribution is 2.29. The number of hydrogen-bond acceptors (Lipinski definition) is 5. The molecule has 0 aliphatic heterocycles. The largest absolute Gasteiger partial charge is 0.497 e. The lowest BCUT2D eigenvalue weighted by atomic mass is 10.2. The second-order valence-corrected chi connectivity index (χ2v) is 7.95. The van der Waals surface area contributed by atoms with Crippen LogP contribution in [0.5, 0.6) is 5.75 Å². The molecule has 0 aliphatic rings. The van der Waals surface area contributed by atoms with Gasteiger partial charge >= 0.3 is 0 Å². The predicted octanol–water partition coefficient (Wildman–Crippen LogP) is 2.93. The third kappa shape index (κ3) is 6.44. The lowest BCUT2D eigenvalue weighted by molar-refractivity contribution is 0.0954. The molecule has 4 N–H and O–H groups in total. The molecule has 1 atom stereocenters. The molecule has 1 amide bonds. The van der Waals surface area contributed by atoms with E-state index < -0.39 is 6.10 Å². The number of nitrogens with zero attached hydrogens (tertiary/aromatic N) is 1. The first-order chi connectivity index (χ1) is 15.1. The monoisotopic (exact) mass is 440 g/mol. The van der Waals surface area contributed by atoms with Gasteiger partial charge in [0.1, 0.15) is 11.9 Å². The van der Waals surface area contributed by atoms with Gasteiger partial charge in [0.25, 0.3) is 5.91 Å². The van der Waals surface area contributed by atoms with Gasteiger partial charge in [-0.15, -0.1) is 11.3 Å². The molecule has 0 spiro atoms. The summed E-state index contributed by atoms with van der Waals surface area (Å²) in [5.74, 6) is 1.16. The molecule has 0 saturated carbocycles. The first kappa shape index (κ1) is 22.6. The predicted molar refractivity (Wildman–Crippen MR) is 126 cm³/mol. The fourth-order valence-corrected chi connectivity index (χ4v) is 4.02. The minimum Gasteiger partial charge on any atom is -0.497 e. The lowest BCUT2D eigenvalue weighted by Gasteiger charge is -2.13.